The molecular formula is C18H28N2. The quantitative estimate of drug-likeness (QED) is 0.878. The van der Waals surface area contributed by atoms with Gasteiger partial charge in [-0.2, -0.15) is 0 Å². The summed E-state index contributed by atoms with van der Waals surface area (Å²) >= 11 is 0. The highest BCUT2D eigenvalue weighted by molar-refractivity contribution is 5.55. The number of rotatable bonds is 3. The second-order valence-corrected chi connectivity index (χ2v) is 7.75. The Morgan fingerprint density at radius 2 is 1.75 bits per heavy atom. The van der Waals surface area contributed by atoms with Crippen LogP contribution >= 0.6 is 0 Å². The van der Waals surface area contributed by atoms with Gasteiger partial charge in [-0.05, 0) is 60.3 Å². The van der Waals surface area contributed by atoms with Crippen LogP contribution in [0.25, 0.3) is 0 Å². The zero-order valence-corrected chi connectivity index (χ0v) is 13.5. The lowest BCUT2D eigenvalue weighted by molar-refractivity contribution is 0.142. The summed E-state index contributed by atoms with van der Waals surface area (Å²) in [4.78, 5) is 2.14. The van der Waals surface area contributed by atoms with Crippen LogP contribution in [0, 0.1) is 16.7 Å². The van der Waals surface area contributed by atoms with Crippen LogP contribution in [-0.2, 0) is 0 Å². The Morgan fingerprint density at radius 1 is 1.10 bits per heavy atom. The van der Waals surface area contributed by atoms with Gasteiger partial charge >= 0.3 is 0 Å². The van der Waals surface area contributed by atoms with Crippen molar-refractivity contribution in [2.75, 3.05) is 24.3 Å². The topological polar surface area (TPSA) is 15.3 Å². The Labute approximate surface area is 123 Å². The number of nitrogens with zero attached hydrogens (tertiary/aromatic N) is 1. The third kappa shape index (κ3) is 1.84. The molecule has 1 aromatic carbocycles. The van der Waals surface area contributed by atoms with E-state index in [-0.39, 0.29) is 0 Å². The predicted octanol–water partition coefficient (Wildman–Crippen LogP) is 4.38. The zero-order valence-electron chi connectivity index (χ0n) is 13.5. The van der Waals surface area contributed by atoms with Crippen molar-refractivity contribution in [1.29, 1.82) is 0 Å². The van der Waals surface area contributed by atoms with Crippen LogP contribution in [-0.4, -0.2) is 20.1 Å². The smallest absolute Gasteiger partial charge is 0.0362 e. The van der Waals surface area contributed by atoms with Gasteiger partial charge in [0.15, 0.2) is 0 Å². The van der Waals surface area contributed by atoms with E-state index < -0.39 is 0 Å². The molecule has 110 valence electrons. The molecule has 3 rings (SSSR count). The molecule has 2 saturated carbocycles. The molecule has 3 atom stereocenters. The Kier molecular flexibility index (Phi) is 3.04. The Balaban J connectivity index is 1.76. The van der Waals surface area contributed by atoms with E-state index in [4.69, 9.17) is 0 Å². The molecule has 0 aliphatic heterocycles. The molecule has 0 amide bonds. The molecule has 0 heterocycles. The van der Waals surface area contributed by atoms with Crippen molar-refractivity contribution in [1.82, 2.24) is 0 Å². The molecule has 2 fully saturated rings. The van der Waals surface area contributed by atoms with Crippen LogP contribution in [0.3, 0.4) is 0 Å². The highest BCUT2D eigenvalue weighted by atomic mass is 15.1. The summed E-state index contributed by atoms with van der Waals surface area (Å²) in [7, 11) is 4.17. The lowest BCUT2D eigenvalue weighted by Gasteiger charge is -2.40. The van der Waals surface area contributed by atoms with Crippen molar-refractivity contribution < 1.29 is 0 Å². The molecule has 1 N–H and O–H groups in total. The Morgan fingerprint density at radius 3 is 2.20 bits per heavy atom. The normalized spacial score (nSPS) is 34.2. The number of benzene rings is 1. The molecule has 0 radical (unpaired) electrons. The van der Waals surface area contributed by atoms with Crippen molar-refractivity contribution in [3.8, 4) is 0 Å². The molecule has 0 saturated heterocycles. The molecule has 3 unspecified atom stereocenters. The van der Waals surface area contributed by atoms with E-state index in [1.807, 2.05) is 0 Å². The Hall–Kier alpha value is -1.18. The molecule has 2 aliphatic rings. The largest absolute Gasteiger partial charge is 0.382 e. The van der Waals surface area contributed by atoms with E-state index in [2.05, 4.69) is 69.3 Å². The first-order chi connectivity index (χ1) is 9.34. The van der Waals surface area contributed by atoms with Gasteiger partial charge in [0.05, 0.1) is 0 Å². The maximum absolute atomic E-state index is 3.82. The molecule has 0 spiro atoms. The van der Waals surface area contributed by atoms with E-state index in [9.17, 15) is 0 Å². The van der Waals surface area contributed by atoms with E-state index in [1.54, 1.807) is 0 Å². The summed E-state index contributed by atoms with van der Waals surface area (Å²) < 4.78 is 0. The number of hydrogen-bond acceptors (Lipinski definition) is 2. The first-order valence-corrected chi connectivity index (χ1v) is 7.88. The van der Waals surface area contributed by atoms with Crippen molar-refractivity contribution in [2.24, 2.45) is 16.7 Å². The number of hydrogen-bond donors (Lipinski definition) is 1. The van der Waals surface area contributed by atoms with Gasteiger partial charge in [0, 0.05) is 31.5 Å². The summed E-state index contributed by atoms with van der Waals surface area (Å²) in [6.07, 6.45) is 4.12. The van der Waals surface area contributed by atoms with Crippen LogP contribution in [0.15, 0.2) is 24.3 Å². The average molecular weight is 272 g/mol. The summed E-state index contributed by atoms with van der Waals surface area (Å²) in [5.74, 6) is 0.894. The van der Waals surface area contributed by atoms with Gasteiger partial charge in [0.2, 0.25) is 0 Å². The fourth-order valence-electron chi connectivity index (χ4n) is 4.48. The fourth-order valence-corrected chi connectivity index (χ4v) is 4.48. The maximum Gasteiger partial charge on any atom is 0.0362 e. The SMILES string of the molecule is CN(C)c1ccc(NC2CC3CCC2(C)C3(C)C)cc1. The maximum atomic E-state index is 3.82. The molecule has 2 aliphatic carbocycles. The molecule has 20 heavy (non-hydrogen) atoms. The summed E-state index contributed by atoms with van der Waals surface area (Å²) in [6, 6.07) is 9.46. The highest BCUT2D eigenvalue weighted by Gasteiger charge is 2.61. The molecule has 0 aromatic heterocycles. The Bertz CT molecular complexity index is 489. The molecule has 1 aromatic rings. The summed E-state index contributed by atoms with van der Waals surface area (Å²) in [6.45, 7) is 7.44. The van der Waals surface area contributed by atoms with Crippen molar-refractivity contribution >= 4 is 11.4 Å². The first kappa shape index (κ1) is 13.8. The minimum atomic E-state index is 0.442. The van der Waals surface area contributed by atoms with E-state index in [1.165, 1.54) is 30.6 Å². The average Bonchev–Trinajstić information content (AvgIpc) is 2.72. The van der Waals surface area contributed by atoms with Crippen molar-refractivity contribution in [3.05, 3.63) is 24.3 Å². The van der Waals surface area contributed by atoms with Crippen molar-refractivity contribution in [2.45, 2.75) is 46.1 Å². The zero-order chi connectivity index (χ0) is 14.5. The number of anilines is 2. The second kappa shape index (κ2) is 4.41. The van der Waals surface area contributed by atoms with Gasteiger partial charge in [-0.3, -0.25) is 0 Å². The third-order valence-electron chi connectivity index (χ3n) is 6.52. The third-order valence-corrected chi connectivity index (χ3v) is 6.52. The summed E-state index contributed by atoms with van der Waals surface area (Å²) in [5, 5.41) is 3.82. The molecule has 2 bridgehead atoms. The van der Waals surface area contributed by atoms with Crippen LogP contribution in [0.2, 0.25) is 0 Å². The monoisotopic (exact) mass is 272 g/mol. The van der Waals surface area contributed by atoms with Gasteiger partial charge in [0.1, 0.15) is 0 Å². The van der Waals surface area contributed by atoms with E-state index >= 15 is 0 Å². The standard InChI is InChI=1S/C18H28N2/c1-17(2)13-10-11-18(17,3)16(12-13)19-14-6-8-15(9-7-14)20(4)5/h6-9,13,16,19H,10-12H2,1-5H3. The van der Waals surface area contributed by atoms with Gasteiger partial charge < -0.3 is 10.2 Å². The van der Waals surface area contributed by atoms with E-state index in [0.717, 1.165) is 5.92 Å². The van der Waals surface area contributed by atoms with Gasteiger partial charge in [0.25, 0.3) is 0 Å². The number of fused-ring (bicyclic) bond motifs is 2. The highest BCUT2D eigenvalue weighted by Crippen LogP contribution is 2.65. The van der Waals surface area contributed by atoms with Crippen LogP contribution < -0.4 is 10.2 Å². The second-order valence-electron chi connectivity index (χ2n) is 7.75. The van der Waals surface area contributed by atoms with Crippen LogP contribution in [0.4, 0.5) is 11.4 Å². The fraction of sp³-hybridized carbons (Fsp3) is 0.667. The lowest BCUT2D eigenvalue weighted by Crippen LogP contribution is -2.40. The van der Waals surface area contributed by atoms with E-state index in [0.29, 0.717) is 16.9 Å². The molecule has 2 nitrogen and oxygen atoms in total. The van der Waals surface area contributed by atoms with Gasteiger partial charge in [-0.25, -0.2) is 0 Å². The molecular weight excluding hydrogens is 244 g/mol. The molecule has 2 heteroatoms. The van der Waals surface area contributed by atoms with Crippen molar-refractivity contribution in [3.63, 3.8) is 0 Å². The van der Waals surface area contributed by atoms with Gasteiger partial charge in [-0.15, -0.1) is 0 Å². The number of nitrogens with one attached hydrogen (secondary N) is 1. The van der Waals surface area contributed by atoms with Gasteiger partial charge in [-0.1, -0.05) is 20.8 Å². The van der Waals surface area contributed by atoms with Crippen LogP contribution in [0.5, 0.6) is 0 Å². The first-order valence-electron chi connectivity index (χ1n) is 7.88. The van der Waals surface area contributed by atoms with Crippen LogP contribution in [0.1, 0.15) is 40.0 Å². The summed E-state index contributed by atoms with van der Waals surface area (Å²) in [5.41, 5.74) is 3.45. The lowest BCUT2D eigenvalue weighted by atomic mass is 9.69. The predicted molar refractivity (Wildman–Crippen MR) is 87.4 cm³/mol. The minimum absolute atomic E-state index is 0.442. The minimum Gasteiger partial charge on any atom is -0.382 e.